The summed E-state index contributed by atoms with van der Waals surface area (Å²) in [5, 5.41) is 2.60. The standard InChI is InChI=1S/C24H27N3O3S2/c1-18(2)20-8-10-21(11-9-20)23-25-22(16-31-23)24(28)26-12-14-27(15-13-26)32(29,30)17-19-6-4-3-5-7-19/h3-11,16,18H,12-15,17H2,1-2H3. The molecule has 6 nitrogen and oxygen atoms in total. The van der Waals surface area contributed by atoms with Crippen LogP contribution in [0, 0.1) is 0 Å². The Morgan fingerprint density at radius 1 is 1.00 bits per heavy atom. The van der Waals surface area contributed by atoms with E-state index in [1.54, 1.807) is 10.3 Å². The summed E-state index contributed by atoms with van der Waals surface area (Å²) in [6.45, 7) is 5.64. The Bertz CT molecular complexity index is 1160. The van der Waals surface area contributed by atoms with Gasteiger partial charge in [0.1, 0.15) is 10.7 Å². The van der Waals surface area contributed by atoms with Crippen molar-refractivity contribution in [2.75, 3.05) is 26.2 Å². The molecule has 0 atom stereocenters. The molecule has 0 unspecified atom stereocenters. The van der Waals surface area contributed by atoms with E-state index in [1.165, 1.54) is 21.2 Å². The molecule has 2 aromatic carbocycles. The first-order valence-corrected chi connectivity index (χ1v) is 13.2. The molecule has 1 saturated heterocycles. The van der Waals surface area contributed by atoms with E-state index >= 15 is 0 Å². The second kappa shape index (κ2) is 9.52. The first-order valence-electron chi connectivity index (χ1n) is 10.7. The fourth-order valence-corrected chi connectivity index (χ4v) is 6.04. The maximum atomic E-state index is 12.9. The van der Waals surface area contributed by atoms with E-state index < -0.39 is 10.0 Å². The van der Waals surface area contributed by atoms with Gasteiger partial charge in [0.25, 0.3) is 5.91 Å². The number of carbonyl (C=O) groups is 1. The van der Waals surface area contributed by atoms with Gasteiger partial charge < -0.3 is 4.90 Å². The zero-order valence-electron chi connectivity index (χ0n) is 18.3. The topological polar surface area (TPSA) is 70.6 Å². The summed E-state index contributed by atoms with van der Waals surface area (Å²) in [5.74, 6) is 0.298. The molecule has 32 heavy (non-hydrogen) atoms. The highest BCUT2D eigenvalue weighted by atomic mass is 32.2. The smallest absolute Gasteiger partial charge is 0.273 e. The fraction of sp³-hybridized carbons (Fsp3) is 0.333. The van der Waals surface area contributed by atoms with Crippen molar-refractivity contribution in [2.45, 2.75) is 25.5 Å². The van der Waals surface area contributed by atoms with Crippen LogP contribution in [-0.2, 0) is 15.8 Å². The Kier molecular flexibility index (Phi) is 6.74. The summed E-state index contributed by atoms with van der Waals surface area (Å²) >= 11 is 1.45. The summed E-state index contributed by atoms with van der Waals surface area (Å²) in [5.41, 5.74) is 3.44. The van der Waals surface area contributed by atoms with Gasteiger partial charge in [-0.1, -0.05) is 68.4 Å². The van der Waals surface area contributed by atoms with E-state index in [4.69, 9.17) is 0 Å². The van der Waals surface area contributed by atoms with Crippen LogP contribution < -0.4 is 0 Å². The highest BCUT2D eigenvalue weighted by Gasteiger charge is 2.30. The Hall–Kier alpha value is -2.55. The maximum Gasteiger partial charge on any atom is 0.273 e. The lowest BCUT2D eigenvalue weighted by atomic mass is 10.0. The van der Waals surface area contributed by atoms with Gasteiger partial charge in [0.2, 0.25) is 10.0 Å². The van der Waals surface area contributed by atoms with Gasteiger partial charge in [-0.05, 0) is 17.0 Å². The number of hydrogen-bond acceptors (Lipinski definition) is 5. The van der Waals surface area contributed by atoms with Crippen LogP contribution in [0.1, 0.15) is 41.4 Å². The van der Waals surface area contributed by atoms with Crippen LogP contribution in [-0.4, -0.2) is 54.7 Å². The van der Waals surface area contributed by atoms with Crippen molar-refractivity contribution in [3.8, 4) is 10.6 Å². The van der Waals surface area contributed by atoms with E-state index in [9.17, 15) is 13.2 Å². The van der Waals surface area contributed by atoms with Crippen LogP contribution >= 0.6 is 11.3 Å². The molecule has 1 aliphatic heterocycles. The third-order valence-corrected chi connectivity index (χ3v) is 8.40. The third-order valence-electron chi connectivity index (χ3n) is 5.66. The van der Waals surface area contributed by atoms with Crippen LogP contribution in [0.25, 0.3) is 10.6 Å². The van der Waals surface area contributed by atoms with Gasteiger partial charge in [-0.2, -0.15) is 4.31 Å². The van der Waals surface area contributed by atoms with Crippen molar-refractivity contribution in [1.82, 2.24) is 14.2 Å². The van der Waals surface area contributed by atoms with Gasteiger partial charge in [-0.25, -0.2) is 13.4 Å². The van der Waals surface area contributed by atoms with Gasteiger partial charge >= 0.3 is 0 Å². The van der Waals surface area contributed by atoms with Crippen molar-refractivity contribution in [2.24, 2.45) is 0 Å². The van der Waals surface area contributed by atoms with Crippen molar-refractivity contribution in [3.63, 3.8) is 0 Å². The average molecular weight is 470 g/mol. The molecule has 1 aromatic heterocycles. The number of hydrogen-bond donors (Lipinski definition) is 0. The molecule has 0 aliphatic carbocycles. The fourth-order valence-electron chi connectivity index (χ4n) is 3.72. The molecule has 1 amide bonds. The molecule has 168 valence electrons. The third kappa shape index (κ3) is 5.09. The highest BCUT2D eigenvalue weighted by molar-refractivity contribution is 7.88. The van der Waals surface area contributed by atoms with Gasteiger partial charge in [-0.15, -0.1) is 11.3 Å². The zero-order valence-corrected chi connectivity index (χ0v) is 19.9. The minimum absolute atomic E-state index is 0.0210. The zero-order chi connectivity index (χ0) is 22.7. The molecular formula is C24H27N3O3S2. The van der Waals surface area contributed by atoms with Crippen molar-refractivity contribution >= 4 is 27.3 Å². The van der Waals surface area contributed by atoms with E-state index in [1.807, 2.05) is 42.5 Å². The molecule has 0 radical (unpaired) electrons. The van der Waals surface area contributed by atoms with Crippen molar-refractivity contribution in [3.05, 3.63) is 76.8 Å². The number of sulfonamides is 1. The van der Waals surface area contributed by atoms with Gasteiger partial charge in [-0.3, -0.25) is 4.79 Å². The lowest BCUT2D eigenvalue weighted by Gasteiger charge is -2.33. The molecular weight excluding hydrogens is 442 g/mol. The molecule has 1 fully saturated rings. The van der Waals surface area contributed by atoms with Crippen LogP contribution in [0.5, 0.6) is 0 Å². The maximum absolute atomic E-state index is 12.9. The highest BCUT2D eigenvalue weighted by Crippen LogP contribution is 2.26. The summed E-state index contributed by atoms with van der Waals surface area (Å²) in [4.78, 5) is 19.2. The Labute approximate surface area is 193 Å². The monoisotopic (exact) mass is 469 g/mol. The molecule has 2 heterocycles. The summed E-state index contributed by atoms with van der Waals surface area (Å²) < 4.78 is 27.0. The van der Waals surface area contributed by atoms with E-state index in [0.29, 0.717) is 37.8 Å². The second-order valence-electron chi connectivity index (χ2n) is 8.25. The van der Waals surface area contributed by atoms with E-state index in [-0.39, 0.29) is 11.7 Å². The molecule has 0 bridgehead atoms. The Balaban J connectivity index is 1.37. The number of piperazine rings is 1. The number of benzene rings is 2. The number of rotatable bonds is 6. The lowest BCUT2D eigenvalue weighted by Crippen LogP contribution is -2.50. The first kappa shape index (κ1) is 22.6. The Morgan fingerprint density at radius 3 is 2.28 bits per heavy atom. The van der Waals surface area contributed by atoms with Crippen molar-refractivity contribution in [1.29, 1.82) is 0 Å². The van der Waals surface area contributed by atoms with Gasteiger partial charge in [0.15, 0.2) is 0 Å². The molecule has 8 heteroatoms. The van der Waals surface area contributed by atoms with Crippen molar-refractivity contribution < 1.29 is 13.2 Å². The van der Waals surface area contributed by atoms with Gasteiger partial charge in [0.05, 0.1) is 5.75 Å². The summed E-state index contributed by atoms with van der Waals surface area (Å²) in [6.07, 6.45) is 0. The Morgan fingerprint density at radius 2 is 1.66 bits per heavy atom. The van der Waals surface area contributed by atoms with Crippen LogP contribution in [0.4, 0.5) is 0 Å². The number of carbonyl (C=O) groups excluding carboxylic acids is 1. The summed E-state index contributed by atoms with van der Waals surface area (Å²) in [6, 6.07) is 17.4. The normalized spacial score (nSPS) is 15.3. The van der Waals surface area contributed by atoms with Crippen LogP contribution in [0.3, 0.4) is 0 Å². The predicted molar refractivity (Wildman–Crippen MR) is 128 cm³/mol. The SMILES string of the molecule is CC(C)c1ccc(-c2nc(C(=O)N3CCN(S(=O)(=O)Cc4ccccc4)CC3)cs2)cc1. The molecule has 1 aliphatic rings. The number of amides is 1. The number of nitrogens with zero attached hydrogens (tertiary/aromatic N) is 3. The molecule has 4 rings (SSSR count). The minimum Gasteiger partial charge on any atom is -0.335 e. The quantitative estimate of drug-likeness (QED) is 0.542. The number of thiazole rings is 1. The molecule has 3 aromatic rings. The summed E-state index contributed by atoms with van der Waals surface area (Å²) in [7, 11) is -3.41. The number of aromatic nitrogens is 1. The predicted octanol–water partition coefficient (Wildman–Crippen LogP) is 4.22. The molecule has 0 saturated carbocycles. The average Bonchev–Trinajstić information content (AvgIpc) is 3.29. The van der Waals surface area contributed by atoms with Crippen LogP contribution in [0.2, 0.25) is 0 Å². The molecule has 0 spiro atoms. The van der Waals surface area contributed by atoms with Crippen LogP contribution in [0.15, 0.2) is 60.0 Å². The first-order chi connectivity index (χ1) is 15.3. The van der Waals surface area contributed by atoms with E-state index in [2.05, 4.69) is 31.0 Å². The largest absolute Gasteiger partial charge is 0.335 e. The van der Waals surface area contributed by atoms with Gasteiger partial charge in [0, 0.05) is 37.1 Å². The molecule has 0 N–H and O–H groups in total. The lowest BCUT2D eigenvalue weighted by molar-refractivity contribution is 0.0693. The second-order valence-corrected chi connectivity index (χ2v) is 11.1. The van der Waals surface area contributed by atoms with E-state index in [0.717, 1.165) is 16.1 Å². The minimum atomic E-state index is -3.41.